The Kier molecular flexibility index (Phi) is 3.54. The number of hydrogen-bond donors (Lipinski definition) is 0. The molecule has 5 nitrogen and oxygen atoms in total. The number of aromatic nitrogens is 2. The smallest absolute Gasteiger partial charge is 0.311 e. The van der Waals surface area contributed by atoms with E-state index in [1.165, 1.54) is 17.4 Å². The Morgan fingerprint density at radius 1 is 1.25 bits per heavy atom. The third kappa shape index (κ3) is 2.35. The zero-order valence-corrected chi connectivity index (χ0v) is 13.8. The zero-order valence-electron chi connectivity index (χ0n) is 13.0. The molecule has 0 unspecified atom stereocenters. The normalized spacial score (nSPS) is 11.4. The summed E-state index contributed by atoms with van der Waals surface area (Å²) in [7, 11) is 0. The van der Waals surface area contributed by atoms with Gasteiger partial charge in [-0.05, 0) is 18.4 Å². The highest BCUT2D eigenvalue weighted by Crippen LogP contribution is 2.30. The second-order valence-electron chi connectivity index (χ2n) is 5.42. The first-order chi connectivity index (χ1) is 11.7. The summed E-state index contributed by atoms with van der Waals surface area (Å²) < 4.78 is 7.54. The molecule has 2 heterocycles. The van der Waals surface area contributed by atoms with E-state index in [9.17, 15) is 9.59 Å². The number of thiazole rings is 1. The second kappa shape index (κ2) is 5.72. The summed E-state index contributed by atoms with van der Waals surface area (Å²) in [5.74, 6) is -0.375. The van der Waals surface area contributed by atoms with Gasteiger partial charge in [0.15, 0.2) is 4.96 Å². The number of fused-ring (bicyclic) bond motifs is 5. The van der Waals surface area contributed by atoms with E-state index >= 15 is 0 Å². The van der Waals surface area contributed by atoms with Crippen molar-refractivity contribution in [2.24, 2.45) is 0 Å². The standard InChI is InChI=1S/C18H14N2O3S/c1-2-23-16(22)10-12-9-15(21)20-17-13-6-4-3-5-11(13)7-8-14(17)24-18(20)19-12/h3-9H,2,10H2,1H3. The molecule has 0 amide bonds. The molecule has 4 rings (SSSR count). The highest BCUT2D eigenvalue weighted by Gasteiger charge is 2.14. The topological polar surface area (TPSA) is 60.7 Å². The van der Waals surface area contributed by atoms with Crippen molar-refractivity contribution in [2.45, 2.75) is 13.3 Å². The van der Waals surface area contributed by atoms with Crippen molar-refractivity contribution >= 4 is 43.3 Å². The van der Waals surface area contributed by atoms with E-state index in [4.69, 9.17) is 4.74 Å². The Morgan fingerprint density at radius 3 is 2.92 bits per heavy atom. The molecule has 0 fully saturated rings. The monoisotopic (exact) mass is 338 g/mol. The van der Waals surface area contributed by atoms with Gasteiger partial charge >= 0.3 is 5.97 Å². The van der Waals surface area contributed by atoms with Gasteiger partial charge in [0.2, 0.25) is 0 Å². The first kappa shape index (κ1) is 14.8. The average molecular weight is 338 g/mol. The molecule has 0 aliphatic heterocycles. The van der Waals surface area contributed by atoms with Gasteiger partial charge in [0, 0.05) is 11.5 Å². The van der Waals surface area contributed by atoms with Gasteiger partial charge in [-0.1, -0.05) is 41.7 Å². The van der Waals surface area contributed by atoms with Crippen LogP contribution in [0.2, 0.25) is 0 Å². The quantitative estimate of drug-likeness (QED) is 0.538. The molecule has 0 bridgehead atoms. The minimum atomic E-state index is -0.375. The minimum absolute atomic E-state index is 0.00850. The van der Waals surface area contributed by atoms with Gasteiger partial charge in [-0.25, -0.2) is 4.98 Å². The third-order valence-corrected chi connectivity index (χ3v) is 4.87. The molecule has 120 valence electrons. The van der Waals surface area contributed by atoms with E-state index in [0.717, 1.165) is 21.0 Å². The summed E-state index contributed by atoms with van der Waals surface area (Å²) in [5, 5.41) is 2.09. The lowest BCUT2D eigenvalue weighted by molar-refractivity contribution is -0.142. The summed E-state index contributed by atoms with van der Waals surface area (Å²) in [6.07, 6.45) is 0.00850. The van der Waals surface area contributed by atoms with Crippen LogP contribution in [-0.2, 0) is 16.0 Å². The summed E-state index contributed by atoms with van der Waals surface area (Å²) >= 11 is 1.45. The van der Waals surface area contributed by atoms with Gasteiger partial charge in [0.25, 0.3) is 5.56 Å². The summed E-state index contributed by atoms with van der Waals surface area (Å²) in [4.78, 5) is 29.3. The Labute approximate surface area is 141 Å². The Bertz CT molecular complexity index is 1140. The lowest BCUT2D eigenvalue weighted by Crippen LogP contribution is -2.16. The van der Waals surface area contributed by atoms with E-state index in [1.807, 2.05) is 36.4 Å². The van der Waals surface area contributed by atoms with Crippen molar-refractivity contribution < 1.29 is 9.53 Å². The number of rotatable bonds is 3. The zero-order chi connectivity index (χ0) is 16.7. The maximum atomic E-state index is 12.6. The van der Waals surface area contributed by atoms with Crippen LogP contribution in [0.25, 0.3) is 25.9 Å². The van der Waals surface area contributed by atoms with Crippen LogP contribution in [0.15, 0.2) is 47.3 Å². The van der Waals surface area contributed by atoms with E-state index < -0.39 is 0 Å². The van der Waals surface area contributed by atoms with Crippen molar-refractivity contribution in [2.75, 3.05) is 6.61 Å². The minimum Gasteiger partial charge on any atom is -0.466 e. The van der Waals surface area contributed by atoms with Crippen molar-refractivity contribution in [1.82, 2.24) is 9.38 Å². The molecule has 0 spiro atoms. The van der Waals surface area contributed by atoms with Crippen LogP contribution in [0, 0.1) is 0 Å². The van der Waals surface area contributed by atoms with E-state index in [2.05, 4.69) is 4.98 Å². The molecule has 2 aromatic carbocycles. The van der Waals surface area contributed by atoms with Gasteiger partial charge in [-0.15, -0.1) is 0 Å². The van der Waals surface area contributed by atoms with Crippen LogP contribution in [0.3, 0.4) is 0 Å². The molecule has 0 N–H and O–H groups in total. The first-order valence-corrected chi connectivity index (χ1v) is 8.47. The molecular weight excluding hydrogens is 324 g/mol. The fourth-order valence-corrected chi connectivity index (χ4v) is 3.94. The first-order valence-electron chi connectivity index (χ1n) is 7.66. The maximum Gasteiger partial charge on any atom is 0.311 e. The predicted molar refractivity (Wildman–Crippen MR) is 94.7 cm³/mol. The Hall–Kier alpha value is -2.73. The number of carbonyl (C=O) groups excluding carboxylic acids is 1. The summed E-state index contributed by atoms with van der Waals surface area (Å²) in [6.45, 7) is 2.06. The lowest BCUT2D eigenvalue weighted by atomic mass is 10.1. The van der Waals surface area contributed by atoms with Crippen molar-refractivity contribution in [3.8, 4) is 0 Å². The molecule has 0 atom stereocenters. The van der Waals surface area contributed by atoms with Crippen LogP contribution in [-0.4, -0.2) is 22.0 Å². The highest BCUT2D eigenvalue weighted by atomic mass is 32.1. The van der Waals surface area contributed by atoms with Gasteiger partial charge in [0.1, 0.15) is 0 Å². The van der Waals surface area contributed by atoms with E-state index in [-0.39, 0.29) is 17.9 Å². The number of esters is 1. The van der Waals surface area contributed by atoms with E-state index in [1.54, 1.807) is 11.3 Å². The van der Waals surface area contributed by atoms with Crippen LogP contribution >= 0.6 is 11.3 Å². The fraction of sp³-hybridized carbons (Fsp3) is 0.167. The second-order valence-corrected chi connectivity index (χ2v) is 6.43. The van der Waals surface area contributed by atoms with Crippen LogP contribution in [0.1, 0.15) is 12.6 Å². The molecule has 0 radical (unpaired) electrons. The molecule has 0 aliphatic carbocycles. The van der Waals surface area contributed by atoms with E-state index in [0.29, 0.717) is 17.3 Å². The molecule has 0 saturated carbocycles. The van der Waals surface area contributed by atoms with Crippen molar-refractivity contribution in [3.05, 3.63) is 58.5 Å². The number of ether oxygens (including phenoxy) is 1. The maximum absolute atomic E-state index is 12.6. The molecule has 2 aromatic heterocycles. The molecule has 4 aromatic rings. The molecule has 0 saturated heterocycles. The summed E-state index contributed by atoms with van der Waals surface area (Å²) in [5.41, 5.74) is 1.13. The Balaban J connectivity index is 1.97. The third-order valence-electron chi connectivity index (χ3n) is 3.86. The van der Waals surface area contributed by atoms with Crippen LogP contribution in [0.4, 0.5) is 0 Å². The van der Waals surface area contributed by atoms with Gasteiger partial charge in [-0.3, -0.25) is 14.0 Å². The van der Waals surface area contributed by atoms with Gasteiger partial charge in [-0.2, -0.15) is 0 Å². The molecule has 0 aliphatic rings. The summed E-state index contributed by atoms with van der Waals surface area (Å²) in [6, 6.07) is 13.4. The van der Waals surface area contributed by atoms with Crippen LogP contribution < -0.4 is 5.56 Å². The van der Waals surface area contributed by atoms with Crippen LogP contribution in [0.5, 0.6) is 0 Å². The van der Waals surface area contributed by atoms with Gasteiger partial charge in [0.05, 0.1) is 28.9 Å². The lowest BCUT2D eigenvalue weighted by Gasteiger charge is -2.03. The SMILES string of the molecule is CCOC(=O)Cc1cc(=O)n2c(n1)sc1ccc3ccccc3c12. The van der Waals surface area contributed by atoms with Crippen molar-refractivity contribution in [1.29, 1.82) is 0 Å². The fourth-order valence-electron chi connectivity index (χ4n) is 2.88. The van der Waals surface area contributed by atoms with Crippen molar-refractivity contribution in [3.63, 3.8) is 0 Å². The van der Waals surface area contributed by atoms with Gasteiger partial charge < -0.3 is 4.74 Å². The highest BCUT2D eigenvalue weighted by molar-refractivity contribution is 7.23. The Morgan fingerprint density at radius 2 is 2.08 bits per heavy atom. The largest absolute Gasteiger partial charge is 0.466 e. The molecular formula is C18H14N2O3S. The predicted octanol–water partition coefficient (Wildman–Crippen LogP) is 3.17. The molecule has 24 heavy (non-hydrogen) atoms. The number of nitrogens with zero attached hydrogens (tertiary/aromatic N) is 2. The average Bonchev–Trinajstić information content (AvgIpc) is 2.94. The number of hydrogen-bond acceptors (Lipinski definition) is 5. The number of benzene rings is 2. The molecule has 6 heteroatoms. The number of carbonyl (C=O) groups is 1.